The summed E-state index contributed by atoms with van der Waals surface area (Å²) in [4.78, 5) is 11.7. The minimum atomic E-state index is 0.0519. The average Bonchev–Trinajstić information content (AvgIpc) is 2.25. The summed E-state index contributed by atoms with van der Waals surface area (Å²) in [5.41, 5.74) is 0. The summed E-state index contributed by atoms with van der Waals surface area (Å²) < 4.78 is 9.71. The Morgan fingerprint density at radius 3 is 2.14 bits per heavy atom. The predicted octanol–water partition coefficient (Wildman–Crippen LogP) is -1.92. The SMILES string of the molecule is COc1nc([NH2+]CCO)nc(OC)n1. The van der Waals surface area contributed by atoms with E-state index in [0.29, 0.717) is 12.5 Å². The molecule has 0 aliphatic heterocycles. The molecule has 0 bridgehead atoms. The Morgan fingerprint density at radius 2 is 1.71 bits per heavy atom. The van der Waals surface area contributed by atoms with E-state index < -0.39 is 0 Å². The fourth-order valence-corrected chi connectivity index (χ4v) is 0.820. The van der Waals surface area contributed by atoms with Gasteiger partial charge in [-0.2, -0.15) is 0 Å². The molecule has 1 aromatic rings. The van der Waals surface area contributed by atoms with Crippen LogP contribution in [-0.4, -0.2) is 47.4 Å². The second kappa shape index (κ2) is 5.30. The second-order valence-corrected chi connectivity index (χ2v) is 2.38. The van der Waals surface area contributed by atoms with E-state index >= 15 is 0 Å². The Labute approximate surface area is 81.1 Å². The summed E-state index contributed by atoms with van der Waals surface area (Å²) in [6.07, 6.45) is 0. The first-order chi connectivity index (χ1) is 6.80. The second-order valence-electron chi connectivity index (χ2n) is 2.38. The highest BCUT2D eigenvalue weighted by Gasteiger charge is 2.09. The number of rotatable bonds is 5. The van der Waals surface area contributed by atoms with Gasteiger partial charge in [0.15, 0.2) is 0 Å². The standard InChI is InChI=1S/C7H12N4O3/c1-13-6-9-5(8-3-4-12)10-7(11-6)14-2/h12H,3-4H2,1-2H3,(H,8,9,10,11)/p+1. The largest absolute Gasteiger partial charge is 0.466 e. The van der Waals surface area contributed by atoms with E-state index in [1.165, 1.54) is 14.2 Å². The van der Waals surface area contributed by atoms with E-state index in [4.69, 9.17) is 14.6 Å². The summed E-state index contributed by atoms with van der Waals surface area (Å²) in [6, 6.07) is 0.391. The third-order valence-electron chi connectivity index (χ3n) is 1.43. The Kier molecular flexibility index (Phi) is 4.02. The van der Waals surface area contributed by atoms with Crippen molar-refractivity contribution in [2.45, 2.75) is 0 Å². The maximum atomic E-state index is 8.62. The van der Waals surface area contributed by atoms with Crippen molar-refractivity contribution in [1.29, 1.82) is 0 Å². The van der Waals surface area contributed by atoms with Crippen LogP contribution in [0.1, 0.15) is 0 Å². The van der Waals surface area contributed by atoms with Crippen molar-refractivity contribution in [2.24, 2.45) is 0 Å². The molecule has 7 nitrogen and oxygen atoms in total. The number of ether oxygens (including phenoxy) is 2. The quantitative estimate of drug-likeness (QED) is 0.576. The van der Waals surface area contributed by atoms with Gasteiger partial charge in [0.1, 0.15) is 6.54 Å². The van der Waals surface area contributed by atoms with Crippen molar-refractivity contribution in [3.8, 4) is 12.0 Å². The molecule has 0 aliphatic carbocycles. The average molecular weight is 201 g/mol. The fraction of sp³-hybridized carbons (Fsp3) is 0.571. The monoisotopic (exact) mass is 201 g/mol. The fourth-order valence-electron chi connectivity index (χ4n) is 0.820. The summed E-state index contributed by atoms with van der Waals surface area (Å²) in [6.45, 7) is 0.534. The molecule has 1 rings (SSSR count). The number of nitrogens with zero attached hydrogens (tertiary/aromatic N) is 3. The molecule has 3 N–H and O–H groups in total. The number of methoxy groups -OCH3 is 2. The third-order valence-corrected chi connectivity index (χ3v) is 1.43. The van der Waals surface area contributed by atoms with Crippen LogP contribution in [0.2, 0.25) is 0 Å². The highest BCUT2D eigenvalue weighted by molar-refractivity contribution is 5.12. The van der Waals surface area contributed by atoms with Gasteiger partial charge in [-0.25, -0.2) is 0 Å². The zero-order valence-electron chi connectivity index (χ0n) is 8.10. The smallest absolute Gasteiger partial charge is 0.335 e. The van der Waals surface area contributed by atoms with Crippen molar-refractivity contribution >= 4 is 5.95 Å². The van der Waals surface area contributed by atoms with E-state index in [1.807, 2.05) is 0 Å². The molecule has 0 amide bonds. The van der Waals surface area contributed by atoms with E-state index in [-0.39, 0.29) is 18.6 Å². The number of quaternary nitrogens is 1. The lowest BCUT2D eigenvalue weighted by Crippen LogP contribution is -2.80. The maximum Gasteiger partial charge on any atom is 0.335 e. The molecular weight excluding hydrogens is 188 g/mol. The Morgan fingerprint density at radius 1 is 1.14 bits per heavy atom. The van der Waals surface area contributed by atoms with Crippen LogP contribution in [0.5, 0.6) is 12.0 Å². The lowest BCUT2D eigenvalue weighted by molar-refractivity contribution is -0.580. The zero-order chi connectivity index (χ0) is 10.4. The summed E-state index contributed by atoms with van der Waals surface area (Å²) in [5, 5.41) is 10.3. The maximum absolute atomic E-state index is 8.62. The van der Waals surface area contributed by atoms with Crippen LogP contribution < -0.4 is 14.8 Å². The van der Waals surface area contributed by atoms with Gasteiger partial charge in [-0.3, -0.25) is 5.32 Å². The van der Waals surface area contributed by atoms with Gasteiger partial charge in [0.2, 0.25) is 0 Å². The molecule has 0 spiro atoms. The van der Waals surface area contributed by atoms with Crippen molar-refractivity contribution in [3.63, 3.8) is 0 Å². The normalized spacial score (nSPS) is 9.93. The van der Waals surface area contributed by atoms with Gasteiger partial charge in [0.05, 0.1) is 20.8 Å². The molecule has 7 heteroatoms. The molecule has 0 atom stereocenters. The highest BCUT2D eigenvalue weighted by Crippen LogP contribution is 2.08. The van der Waals surface area contributed by atoms with Gasteiger partial charge < -0.3 is 14.6 Å². The minimum absolute atomic E-state index is 0.0519. The molecular formula is C7H13N4O3+. The van der Waals surface area contributed by atoms with Crippen molar-refractivity contribution in [1.82, 2.24) is 15.0 Å². The van der Waals surface area contributed by atoms with Crippen LogP contribution in [0.4, 0.5) is 5.95 Å². The topological polar surface area (TPSA) is 94.0 Å². The first-order valence-corrected chi connectivity index (χ1v) is 4.08. The molecule has 78 valence electrons. The molecule has 0 unspecified atom stereocenters. The van der Waals surface area contributed by atoms with Gasteiger partial charge in [-0.05, 0) is 0 Å². The number of hydrogen-bond donors (Lipinski definition) is 2. The first-order valence-electron chi connectivity index (χ1n) is 4.08. The number of nitrogens with two attached hydrogens (primary N) is 1. The molecule has 0 radical (unpaired) electrons. The van der Waals surface area contributed by atoms with Gasteiger partial charge in [-0.15, -0.1) is 15.0 Å². The Balaban J connectivity index is 2.81. The highest BCUT2D eigenvalue weighted by atomic mass is 16.5. The molecule has 0 saturated heterocycles. The lowest BCUT2D eigenvalue weighted by Gasteiger charge is -2.02. The van der Waals surface area contributed by atoms with E-state index in [0.717, 1.165) is 0 Å². The van der Waals surface area contributed by atoms with Gasteiger partial charge in [0.25, 0.3) is 0 Å². The van der Waals surface area contributed by atoms with Crippen LogP contribution in [0.25, 0.3) is 0 Å². The van der Waals surface area contributed by atoms with Crippen molar-refractivity contribution in [3.05, 3.63) is 0 Å². The number of aliphatic hydroxyl groups is 1. The van der Waals surface area contributed by atoms with Gasteiger partial charge in [-0.1, -0.05) is 0 Å². The number of aromatic nitrogens is 3. The van der Waals surface area contributed by atoms with Crippen LogP contribution >= 0.6 is 0 Å². The summed E-state index contributed by atoms with van der Waals surface area (Å²) >= 11 is 0. The van der Waals surface area contributed by atoms with E-state index in [9.17, 15) is 0 Å². The zero-order valence-corrected chi connectivity index (χ0v) is 8.10. The number of aliphatic hydroxyl groups excluding tert-OH is 1. The van der Waals surface area contributed by atoms with Crippen LogP contribution in [0.3, 0.4) is 0 Å². The van der Waals surface area contributed by atoms with Gasteiger partial charge in [0, 0.05) is 0 Å². The van der Waals surface area contributed by atoms with Crippen LogP contribution in [-0.2, 0) is 0 Å². The molecule has 0 aromatic carbocycles. The summed E-state index contributed by atoms with van der Waals surface area (Å²) in [7, 11) is 2.93. The molecule has 14 heavy (non-hydrogen) atoms. The Hall–Kier alpha value is -1.47. The van der Waals surface area contributed by atoms with E-state index in [2.05, 4.69) is 15.0 Å². The molecule has 0 fully saturated rings. The Bertz CT molecular complexity index is 272. The molecule has 1 heterocycles. The molecule has 0 aliphatic rings. The van der Waals surface area contributed by atoms with Gasteiger partial charge >= 0.3 is 18.0 Å². The predicted molar refractivity (Wildman–Crippen MR) is 46.5 cm³/mol. The van der Waals surface area contributed by atoms with E-state index in [1.54, 1.807) is 5.32 Å². The number of hydrogen-bond acceptors (Lipinski definition) is 6. The molecule has 1 aromatic heterocycles. The molecule has 0 saturated carbocycles. The van der Waals surface area contributed by atoms with Crippen molar-refractivity contribution < 1.29 is 19.9 Å². The first kappa shape index (κ1) is 10.6. The summed E-state index contributed by atoms with van der Waals surface area (Å²) in [5.74, 6) is 0.433. The minimum Gasteiger partial charge on any atom is -0.466 e. The lowest BCUT2D eigenvalue weighted by atomic mass is 10.7. The van der Waals surface area contributed by atoms with Crippen molar-refractivity contribution in [2.75, 3.05) is 27.4 Å². The third kappa shape index (κ3) is 2.79. The van der Waals surface area contributed by atoms with Crippen LogP contribution in [0, 0.1) is 0 Å². The van der Waals surface area contributed by atoms with Crippen LogP contribution in [0.15, 0.2) is 0 Å².